The van der Waals surface area contributed by atoms with Crippen molar-refractivity contribution >= 4 is 17.0 Å². The fraction of sp³-hybridized carbons (Fsp3) is 0.714. The summed E-state index contributed by atoms with van der Waals surface area (Å²) in [5.41, 5.74) is 1.67. The van der Waals surface area contributed by atoms with Crippen LogP contribution in [-0.2, 0) is 6.54 Å². The Morgan fingerprint density at radius 3 is 2.70 bits per heavy atom. The minimum Gasteiger partial charge on any atom is -0.352 e. The number of hydrogen-bond acceptors (Lipinski definition) is 5. The molecule has 1 saturated carbocycles. The van der Waals surface area contributed by atoms with E-state index in [9.17, 15) is 0 Å². The van der Waals surface area contributed by atoms with Gasteiger partial charge in [0.2, 0.25) is 0 Å². The smallest absolute Gasteiger partial charge is 0.183 e. The van der Waals surface area contributed by atoms with Crippen LogP contribution in [0.4, 0.5) is 5.82 Å². The van der Waals surface area contributed by atoms with Gasteiger partial charge in [0.25, 0.3) is 0 Å². The monoisotopic (exact) mass is 274 g/mol. The van der Waals surface area contributed by atoms with Crippen LogP contribution < -0.4 is 4.90 Å². The lowest BCUT2D eigenvalue weighted by Crippen LogP contribution is -2.37. The van der Waals surface area contributed by atoms with E-state index in [1.165, 1.54) is 32.1 Å². The minimum absolute atomic E-state index is 0.582. The molecule has 0 unspecified atom stereocenters. The molecule has 6 nitrogen and oxygen atoms in total. The van der Waals surface area contributed by atoms with Crippen LogP contribution in [0.2, 0.25) is 0 Å². The summed E-state index contributed by atoms with van der Waals surface area (Å²) in [7, 11) is 0. The second-order valence-corrected chi connectivity index (χ2v) is 5.35. The zero-order valence-electron chi connectivity index (χ0n) is 12.3. The molecule has 6 heteroatoms. The molecule has 0 radical (unpaired) electrons. The third kappa shape index (κ3) is 2.23. The van der Waals surface area contributed by atoms with Crippen molar-refractivity contribution in [2.75, 3.05) is 11.4 Å². The van der Waals surface area contributed by atoms with Crippen molar-refractivity contribution in [1.82, 2.24) is 25.0 Å². The molecule has 0 N–H and O–H groups in total. The molecule has 2 aromatic heterocycles. The van der Waals surface area contributed by atoms with Gasteiger partial charge < -0.3 is 4.90 Å². The maximum atomic E-state index is 4.50. The summed E-state index contributed by atoms with van der Waals surface area (Å²) in [6.45, 7) is 5.97. The highest BCUT2D eigenvalue weighted by Gasteiger charge is 2.24. The van der Waals surface area contributed by atoms with Crippen LogP contribution in [0.1, 0.15) is 46.0 Å². The van der Waals surface area contributed by atoms with Gasteiger partial charge in [-0.05, 0) is 26.7 Å². The van der Waals surface area contributed by atoms with Gasteiger partial charge in [0.1, 0.15) is 6.33 Å². The maximum absolute atomic E-state index is 4.50. The summed E-state index contributed by atoms with van der Waals surface area (Å²) in [4.78, 5) is 11.2. The molecule has 3 rings (SSSR count). The van der Waals surface area contributed by atoms with E-state index in [0.29, 0.717) is 6.04 Å². The molecule has 0 amide bonds. The van der Waals surface area contributed by atoms with E-state index in [1.807, 2.05) is 4.68 Å². The van der Waals surface area contributed by atoms with Crippen molar-refractivity contribution in [2.45, 2.75) is 58.5 Å². The predicted molar refractivity (Wildman–Crippen MR) is 78.7 cm³/mol. The third-order valence-electron chi connectivity index (χ3n) is 4.21. The summed E-state index contributed by atoms with van der Waals surface area (Å²) < 4.78 is 1.83. The first-order chi connectivity index (χ1) is 9.85. The Morgan fingerprint density at radius 1 is 1.20 bits per heavy atom. The zero-order chi connectivity index (χ0) is 13.9. The molecule has 108 valence electrons. The molecule has 0 spiro atoms. The lowest BCUT2D eigenvalue weighted by Gasteiger charge is -2.34. The highest BCUT2D eigenvalue weighted by Crippen LogP contribution is 2.28. The van der Waals surface area contributed by atoms with Crippen LogP contribution in [0.5, 0.6) is 0 Å². The van der Waals surface area contributed by atoms with E-state index in [-0.39, 0.29) is 0 Å². The Bertz CT molecular complexity index is 572. The van der Waals surface area contributed by atoms with E-state index < -0.39 is 0 Å². The molecule has 0 atom stereocenters. The molecular formula is C14H22N6. The van der Waals surface area contributed by atoms with Crippen LogP contribution >= 0.6 is 0 Å². The summed E-state index contributed by atoms with van der Waals surface area (Å²) in [5.74, 6) is 0.948. The lowest BCUT2D eigenvalue weighted by atomic mass is 9.94. The van der Waals surface area contributed by atoms with Gasteiger partial charge in [0, 0.05) is 19.1 Å². The molecule has 1 fully saturated rings. The number of anilines is 1. The zero-order valence-corrected chi connectivity index (χ0v) is 12.3. The number of hydrogen-bond donors (Lipinski definition) is 0. The van der Waals surface area contributed by atoms with E-state index in [4.69, 9.17) is 0 Å². The van der Waals surface area contributed by atoms with Crippen molar-refractivity contribution in [3.05, 3.63) is 6.33 Å². The summed E-state index contributed by atoms with van der Waals surface area (Å²) in [6, 6.07) is 0.582. The lowest BCUT2D eigenvalue weighted by molar-refractivity contribution is 0.417. The molecule has 1 aliphatic carbocycles. The van der Waals surface area contributed by atoms with Gasteiger partial charge in [-0.2, -0.15) is 0 Å². The fourth-order valence-electron chi connectivity index (χ4n) is 3.18. The minimum atomic E-state index is 0.582. The Kier molecular flexibility index (Phi) is 3.80. The van der Waals surface area contributed by atoms with Gasteiger partial charge >= 0.3 is 0 Å². The maximum Gasteiger partial charge on any atom is 0.183 e. The van der Waals surface area contributed by atoms with Crippen LogP contribution in [0.25, 0.3) is 11.2 Å². The Morgan fingerprint density at radius 2 is 2.00 bits per heavy atom. The summed E-state index contributed by atoms with van der Waals surface area (Å²) in [6.07, 6.45) is 8.13. The predicted octanol–water partition coefficient (Wildman–Crippen LogP) is 2.40. The van der Waals surface area contributed by atoms with E-state index in [0.717, 1.165) is 30.1 Å². The quantitative estimate of drug-likeness (QED) is 0.856. The molecule has 0 aliphatic heterocycles. The van der Waals surface area contributed by atoms with E-state index in [2.05, 4.69) is 39.0 Å². The third-order valence-corrected chi connectivity index (χ3v) is 4.21. The van der Waals surface area contributed by atoms with Crippen molar-refractivity contribution in [3.63, 3.8) is 0 Å². The first kappa shape index (κ1) is 13.3. The molecule has 0 aromatic carbocycles. The van der Waals surface area contributed by atoms with Crippen molar-refractivity contribution in [1.29, 1.82) is 0 Å². The largest absolute Gasteiger partial charge is 0.352 e. The molecule has 0 saturated heterocycles. The molecule has 20 heavy (non-hydrogen) atoms. The number of aryl methyl sites for hydroxylation is 1. The first-order valence-electron chi connectivity index (χ1n) is 7.66. The van der Waals surface area contributed by atoms with Crippen LogP contribution in [-0.4, -0.2) is 37.5 Å². The number of nitrogens with zero attached hydrogens (tertiary/aromatic N) is 6. The molecule has 0 bridgehead atoms. The normalized spacial score (nSPS) is 16.7. The molecule has 2 heterocycles. The van der Waals surface area contributed by atoms with Crippen molar-refractivity contribution < 1.29 is 0 Å². The summed E-state index contributed by atoms with van der Waals surface area (Å²) in [5, 5.41) is 8.47. The molecular weight excluding hydrogens is 252 g/mol. The van der Waals surface area contributed by atoms with Gasteiger partial charge in [-0.15, -0.1) is 5.10 Å². The van der Waals surface area contributed by atoms with Gasteiger partial charge in [-0.3, -0.25) is 0 Å². The molecule has 2 aromatic rings. The Labute approximate surface area is 119 Å². The van der Waals surface area contributed by atoms with Crippen LogP contribution in [0.3, 0.4) is 0 Å². The van der Waals surface area contributed by atoms with Crippen molar-refractivity contribution in [3.8, 4) is 0 Å². The average Bonchev–Trinajstić information content (AvgIpc) is 2.93. The Hall–Kier alpha value is -1.72. The van der Waals surface area contributed by atoms with E-state index >= 15 is 0 Å². The van der Waals surface area contributed by atoms with Gasteiger partial charge in [-0.25, -0.2) is 14.6 Å². The standard InChI is InChI=1S/C14H22N6/c1-3-19(11-8-6-5-7-9-11)13-12-14(16-10-15-13)20(4-2)18-17-12/h10-11H,3-9H2,1-2H3. The SMILES string of the molecule is CCN(c1ncnc2c1nnn2CC)C1CCCCC1. The highest BCUT2D eigenvalue weighted by molar-refractivity contribution is 5.82. The van der Waals surface area contributed by atoms with Gasteiger partial charge in [0.15, 0.2) is 17.0 Å². The van der Waals surface area contributed by atoms with Crippen LogP contribution in [0.15, 0.2) is 6.33 Å². The van der Waals surface area contributed by atoms with Gasteiger partial charge in [-0.1, -0.05) is 24.5 Å². The average molecular weight is 274 g/mol. The molecule has 1 aliphatic rings. The number of aromatic nitrogens is 5. The first-order valence-corrected chi connectivity index (χ1v) is 7.66. The fourth-order valence-corrected chi connectivity index (χ4v) is 3.18. The van der Waals surface area contributed by atoms with Crippen molar-refractivity contribution in [2.24, 2.45) is 0 Å². The second-order valence-electron chi connectivity index (χ2n) is 5.35. The second kappa shape index (κ2) is 5.73. The topological polar surface area (TPSA) is 59.7 Å². The number of fused-ring (bicyclic) bond motifs is 1. The Balaban J connectivity index is 2.00. The van der Waals surface area contributed by atoms with Gasteiger partial charge in [0.05, 0.1) is 0 Å². The highest BCUT2D eigenvalue weighted by atomic mass is 15.4. The number of rotatable bonds is 4. The summed E-state index contributed by atoms with van der Waals surface area (Å²) >= 11 is 0. The van der Waals surface area contributed by atoms with Crippen LogP contribution in [0, 0.1) is 0 Å². The van der Waals surface area contributed by atoms with E-state index in [1.54, 1.807) is 6.33 Å².